The minimum Gasteiger partial charge on any atom is -0.388 e. The van der Waals surface area contributed by atoms with Gasteiger partial charge in [-0.15, -0.1) is 0 Å². The molecular formula is C16H25NO. The van der Waals surface area contributed by atoms with Crippen LogP contribution >= 0.6 is 0 Å². The second kappa shape index (κ2) is 6.35. The molecule has 1 aromatic carbocycles. The van der Waals surface area contributed by atoms with Gasteiger partial charge in [0.05, 0.1) is 6.10 Å². The number of hydrogen-bond acceptors (Lipinski definition) is 2. The summed E-state index contributed by atoms with van der Waals surface area (Å²) in [5, 5.41) is 14.2. The molecular weight excluding hydrogens is 222 g/mol. The van der Waals surface area contributed by atoms with Crippen LogP contribution in [0.5, 0.6) is 0 Å². The SMILES string of the molecule is CCC(C1CC(C)CCN1)C(O)c1ccccc1. The fraction of sp³-hybridized carbons (Fsp3) is 0.625. The zero-order chi connectivity index (χ0) is 13.0. The molecule has 0 bridgehead atoms. The highest BCUT2D eigenvalue weighted by molar-refractivity contribution is 5.18. The monoisotopic (exact) mass is 247 g/mol. The first-order chi connectivity index (χ1) is 8.72. The van der Waals surface area contributed by atoms with Crippen LogP contribution in [-0.2, 0) is 0 Å². The summed E-state index contributed by atoms with van der Waals surface area (Å²) in [7, 11) is 0. The highest BCUT2D eigenvalue weighted by Crippen LogP contribution is 2.32. The van der Waals surface area contributed by atoms with Crippen molar-refractivity contribution in [3.05, 3.63) is 35.9 Å². The molecule has 2 heteroatoms. The van der Waals surface area contributed by atoms with Gasteiger partial charge in [-0.05, 0) is 37.3 Å². The number of aliphatic hydroxyl groups excluding tert-OH is 1. The van der Waals surface area contributed by atoms with Crippen molar-refractivity contribution in [1.82, 2.24) is 5.32 Å². The van der Waals surface area contributed by atoms with Crippen LogP contribution in [0.2, 0.25) is 0 Å². The minimum absolute atomic E-state index is 0.315. The number of hydrogen-bond donors (Lipinski definition) is 2. The van der Waals surface area contributed by atoms with Gasteiger partial charge >= 0.3 is 0 Å². The van der Waals surface area contributed by atoms with E-state index in [1.165, 1.54) is 12.8 Å². The van der Waals surface area contributed by atoms with Crippen molar-refractivity contribution in [2.45, 2.75) is 45.3 Å². The summed E-state index contributed by atoms with van der Waals surface area (Å²) >= 11 is 0. The zero-order valence-electron chi connectivity index (χ0n) is 11.5. The molecule has 2 N–H and O–H groups in total. The third-order valence-electron chi connectivity index (χ3n) is 4.23. The van der Waals surface area contributed by atoms with Gasteiger partial charge in [-0.1, -0.05) is 44.2 Å². The Bertz CT molecular complexity index is 351. The van der Waals surface area contributed by atoms with Crippen molar-refractivity contribution >= 4 is 0 Å². The maximum absolute atomic E-state index is 10.6. The lowest BCUT2D eigenvalue weighted by atomic mass is 9.80. The van der Waals surface area contributed by atoms with Crippen LogP contribution in [0.25, 0.3) is 0 Å². The second-order valence-electron chi connectivity index (χ2n) is 5.62. The van der Waals surface area contributed by atoms with Crippen LogP contribution in [0.3, 0.4) is 0 Å². The van der Waals surface area contributed by atoms with Gasteiger partial charge < -0.3 is 10.4 Å². The molecule has 0 aromatic heterocycles. The van der Waals surface area contributed by atoms with Crippen LogP contribution in [0.4, 0.5) is 0 Å². The van der Waals surface area contributed by atoms with Crippen molar-refractivity contribution < 1.29 is 5.11 Å². The van der Waals surface area contributed by atoms with Crippen molar-refractivity contribution in [2.24, 2.45) is 11.8 Å². The lowest BCUT2D eigenvalue weighted by Crippen LogP contribution is -2.44. The molecule has 100 valence electrons. The molecule has 2 nitrogen and oxygen atoms in total. The molecule has 1 aliphatic rings. The highest BCUT2D eigenvalue weighted by Gasteiger charge is 2.30. The van der Waals surface area contributed by atoms with Gasteiger partial charge in [0.25, 0.3) is 0 Å². The molecule has 0 saturated carbocycles. The van der Waals surface area contributed by atoms with Gasteiger partial charge in [0.2, 0.25) is 0 Å². The Kier molecular flexibility index (Phi) is 4.79. The summed E-state index contributed by atoms with van der Waals surface area (Å²) in [6.45, 7) is 5.58. The molecule has 0 aliphatic carbocycles. The van der Waals surface area contributed by atoms with Gasteiger partial charge in [0.15, 0.2) is 0 Å². The van der Waals surface area contributed by atoms with E-state index in [1.54, 1.807) is 0 Å². The predicted octanol–water partition coefficient (Wildman–Crippen LogP) is 3.13. The van der Waals surface area contributed by atoms with E-state index in [9.17, 15) is 5.11 Å². The van der Waals surface area contributed by atoms with E-state index < -0.39 is 0 Å². The van der Waals surface area contributed by atoms with E-state index in [0.29, 0.717) is 12.0 Å². The highest BCUT2D eigenvalue weighted by atomic mass is 16.3. The van der Waals surface area contributed by atoms with Crippen molar-refractivity contribution in [2.75, 3.05) is 6.54 Å². The largest absolute Gasteiger partial charge is 0.388 e. The van der Waals surface area contributed by atoms with Gasteiger partial charge in [-0.2, -0.15) is 0 Å². The number of piperidine rings is 1. The van der Waals surface area contributed by atoms with Crippen LogP contribution in [0.15, 0.2) is 30.3 Å². The average molecular weight is 247 g/mol. The zero-order valence-corrected chi connectivity index (χ0v) is 11.5. The van der Waals surface area contributed by atoms with Crippen molar-refractivity contribution in [3.63, 3.8) is 0 Å². The third kappa shape index (κ3) is 3.12. The summed E-state index contributed by atoms with van der Waals surface area (Å²) < 4.78 is 0. The van der Waals surface area contributed by atoms with E-state index in [2.05, 4.69) is 19.2 Å². The fourth-order valence-corrected chi connectivity index (χ4v) is 3.10. The molecule has 2 rings (SSSR count). The molecule has 1 aromatic rings. The smallest absolute Gasteiger partial charge is 0.0832 e. The Hall–Kier alpha value is -0.860. The Labute approximate surface area is 110 Å². The van der Waals surface area contributed by atoms with Gasteiger partial charge in [-0.25, -0.2) is 0 Å². The lowest BCUT2D eigenvalue weighted by Gasteiger charge is -2.36. The number of nitrogens with one attached hydrogen (secondary N) is 1. The quantitative estimate of drug-likeness (QED) is 0.856. The summed E-state index contributed by atoms with van der Waals surface area (Å²) in [4.78, 5) is 0. The molecule has 4 unspecified atom stereocenters. The first kappa shape index (κ1) is 13.6. The summed E-state index contributed by atoms with van der Waals surface area (Å²) in [6.07, 6.45) is 3.11. The molecule has 1 fully saturated rings. The summed E-state index contributed by atoms with van der Waals surface area (Å²) in [6, 6.07) is 10.5. The molecule has 4 atom stereocenters. The van der Waals surface area contributed by atoms with Gasteiger partial charge in [-0.3, -0.25) is 0 Å². The minimum atomic E-state index is -0.348. The van der Waals surface area contributed by atoms with Crippen molar-refractivity contribution in [3.8, 4) is 0 Å². The van der Waals surface area contributed by atoms with E-state index >= 15 is 0 Å². The van der Waals surface area contributed by atoms with E-state index in [-0.39, 0.29) is 6.10 Å². The van der Waals surface area contributed by atoms with E-state index in [1.807, 2.05) is 30.3 Å². The molecule has 0 spiro atoms. The van der Waals surface area contributed by atoms with Crippen molar-refractivity contribution in [1.29, 1.82) is 0 Å². The van der Waals surface area contributed by atoms with E-state index in [4.69, 9.17) is 0 Å². The summed E-state index contributed by atoms with van der Waals surface area (Å²) in [5.41, 5.74) is 1.05. The topological polar surface area (TPSA) is 32.3 Å². The number of aliphatic hydroxyl groups is 1. The van der Waals surface area contributed by atoms with Crippen LogP contribution in [0.1, 0.15) is 44.8 Å². The Balaban J connectivity index is 2.08. The van der Waals surface area contributed by atoms with Crippen LogP contribution < -0.4 is 5.32 Å². The normalized spacial score (nSPS) is 27.7. The molecule has 18 heavy (non-hydrogen) atoms. The molecule has 1 saturated heterocycles. The van der Waals surface area contributed by atoms with E-state index in [0.717, 1.165) is 24.4 Å². The predicted molar refractivity (Wildman–Crippen MR) is 75.4 cm³/mol. The first-order valence-electron chi connectivity index (χ1n) is 7.18. The maximum atomic E-state index is 10.6. The Morgan fingerprint density at radius 2 is 2.06 bits per heavy atom. The standard InChI is InChI=1S/C16H25NO/c1-3-14(15-11-12(2)9-10-17-15)16(18)13-7-5-4-6-8-13/h4-8,12,14-18H,3,9-11H2,1-2H3. The molecule has 1 aliphatic heterocycles. The summed E-state index contributed by atoms with van der Waals surface area (Å²) in [5.74, 6) is 1.09. The first-order valence-corrected chi connectivity index (χ1v) is 7.18. The number of rotatable bonds is 4. The van der Waals surface area contributed by atoms with Gasteiger partial charge in [0, 0.05) is 12.0 Å². The second-order valence-corrected chi connectivity index (χ2v) is 5.62. The maximum Gasteiger partial charge on any atom is 0.0832 e. The lowest BCUT2D eigenvalue weighted by molar-refractivity contribution is 0.0671. The average Bonchev–Trinajstić information content (AvgIpc) is 2.40. The van der Waals surface area contributed by atoms with Crippen LogP contribution in [0, 0.1) is 11.8 Å². The Morgan fingerprint density at radius 1 is 1.33 bits per heavy atom. The third-order valence-corrected chi connectivity index (χ3v) is 4.23. The molecule has 0 amide bonds. The van der Waals surface area contributed by atoms with Gasteiger partial charge in [0.1, 0.15) is 0 Å². The number of benzene rings is 1. The fourth-order valence-electron chi connectivity index (χ4n) is 3.10. The van der Waals surface area contributed by atoms with Crippen LogP contribution in [-0.4, -0.2) is 17.7 Å². The molecule has 0 radical (unpaired) electrons. The molecule has 1 heterocycles. The Morgan fingerprint density at radius 3 is 2.67 bits per heavy atom.